The van der Waals surface area contributed by atoms with Crippen molar-refractivity contribution in [2.75, 3.05) is 5.73 Å². The van der Waals surface area contributed by atoms with Crippen LogP contribution >= 0.6 is 0 Å². The maximum atomic E-state index is 6.47. The van der Waals surface area contributed by atoms with Crippen LogP contribution in [0.4, 0.5) is 5.69 Å². The van der Waals surface area contributed by atoms with Crippen LogP contribution in [0.5, 0.6) is 0 Å². The Kier molecular flexibility index (Phi) is 16.3. The van der Waals surface area contributed by atoms with Gasteiger partial charge in [0.2, 0.25) is 0 Å². The van der Waals surface area contributed by atoms with E-state index in [1.807, 2.05) is 72.8 Å². The molecule has 9 aromatic carbocycles. The summed E-state index contributed by atoms with van der Waals surface area (Å²) in [5.74, 6) is -0.0532. The van der Waals surface area contributed by atoms with Crippen LogP contribution in [0.2, 0.25) is 0 Å². The maximum absolute atomic E-state index is 6.47. The normalized spacial score (nSPS) is 11.5. The van der Waals surface area contributed by atoms with Crippen molar-refractivity contribution >= 4 is 33.9 Å². The third-order valence-electron chi connectivity index (χ3n) is 12.8. The van der Waals surface area contributed by atoms with Crippen molar-refractivity contribution in [3.63, 3.8) is 0 Å². The monoisotopic (exact) mass is 919 g/mol. The van der Waals surface area contributed by atoms with Gasteiger partial charge < -0.3 is 16.0 Å². The molecule has 0 amide bonds. The van der Waals surface area contributed by atoms with E-state index < -0.39 is 0 Å². The van der Waals surface area contributed by atoms with E-state index in [1.165, 1.54) is 50.1 Å². The van der Waals surface area contributed by atoms with E-state index in [4.69, 9.17) is 11.5 Å². The van der Waals surface area contributed by atoms with Crippen molar-refractivity contribution in [3.05, 3.63) is 291 Å². The Hall–Kier alpha value is -8.92. The van der Waals surface area contributed by atoms with Crippen LogP contribution in [0.25, 0.3) is 83.9 Å². The van der Waals surface area contributed by atoms with Crippen LogP contribution < -0.4 is 11.5 Å². The molecule has 10 aromatic rings. The maximum Gasteiger partial charge on any atom is 0.0544 e. The minimum Gasteiger partial charge on any atom is -0.403 e. The van der Waals surface area contributed by atoms with Gasteiger partial charge in [-0.05, 0) is 97.5 Å². The molecule has 348 valence electrons. The molecular weight excluding hydrogens is 859 g/mol. The molecule has 0 spiro atoms. The topological polar surface area (TPSA) is 57.0 Å². The summed E-state index contributed by atoms with van der Waals surface area (Å²) in [5, 5.41) is 1.16. The lowest BCUT2D eigenvalue weighted by Gasteiger charge is -2.22. The molecule has 0 saturated carbocycles. The van der Waals surface area contributed by atoms with Gasteiger partial charge in [0.25, 0.3) is 0 Å². The average Bonchev–Trinajstić information content (AvgIpc) is 3.77. The van der Waals surface area contributed by atoms with Gasteiger partial charge in [-0.25, -0.2) is 0 Å². The Bertz CT molecular complexity index is 3330. The lowest BCUT2D eigenvalue weighted by Crippen LogP contribution is -2.11. The number of allylic oxidation sites excluding steroid dienone is 4. The second-order valence-electron chi connectivity index (χ2n) is 17.3. The van der Waals surface area contributed by atoms with Crippen LogP contribution in [0.1, 0.15) is 30.7 Å². The van der Waals surface area contributed by atoms with Gasteiger partial charge in [-0.1, -0.05) is 264 Å². The van der Waals surface area contributed by atoms with Gasteiger partial charge in [-0.15, -0.1) is 0 Å². The molecule has 0 bridgehead atoms. The largest absolute Gasteiger partial charge is 0.403 e. The van der Waals surface area contributed by atoms with Crippen molar-refractivity contribution < 1.29 is 0 Å². The van der Waals surface area contributed by atoms with Gasteiger partial charge in [0.15, 0.2) is 0 Å². The number of benzene rings is 9. The summed E-state index contributed by atoms with van der Waals surface area (Å²) in [6.07, 6.45) is 8.76. The molecule has 1 aromatic heterocycles. The fourth-order valence-electron chi connectivity index (χ4n) is 8.84. The second kappa shape index (κ2) is 23.9. The van der Waals surface area contributed by atoms with Gasteiger partial charge in [-0.3, -0.25) is 0 Å². The third-order valence-corrected chi connectivity index (χ3v) is 12.8. The van der Waals surface area contributed by atoms with Crippen molar-refractivity contribution in [1.82, 2.24) is 4.57 Å². The van der Waals surface area contributed by atoms with Crippen molar-refractivity contribution in [2.45, 2.75) is 20.3 Å². The Morgan fingerprint density at radius 2 is 0.873 bits per heavy atom. The molecule has 4 N–H and O–H groups in total. The number of rotatable bonds is 12. The highest BCUT2D eigenvalue weighted by molar-refractivity contribution is 6.03. The summed E-state index contributed by atoms with van der Waals surface area (Å²) in [6.45, 7) is 12.9. The van der Waals surface area contributed by atoms with E-state index >= 15 is 0 Å². The van der Waals surface area contributed by atoms with E-state index in [9.17, 15) is 0 Å². The fraction of sp³-hybridized carbons (Fsp3) is 0.0588. The molecule has 1 atom stereocenters. The lowest BCUT2D eigenvalue weighted by atomic mass is 9.91. The Morgan fingerprint density at radius 3 is 1.31 bits per heavy atom. The van der Waals surface area contributed by atoms with Crippen LogP contribution in [-0.4, -0.2) is 4.57 Å². The van der Waals surface area contributed by atoms with Crippen LogP contribution in [0, 0.1) is 5.92 Å². The molecule has 1 unspecified atom stereocenters. The number of hydrogen-bond donors (Lipinski definition) is 2. The first-order valence-corrected chi connectivity index (χ1v) is 24.3. The molecule has 1 heterocycles. The lowest BCUT2D eigenvalue weighted by molar-refractivity contribution is 0.897. The predicted octanol–water partition coefficient (Wildman–Crippen LogP) is 17.8. The second-order valence-corrected chi connectivity index (χ2v) is 17.3. The first-order chi connectivity index (χ1) is 34.9. The van der Waals surface area contributed by atoms with E-state index in [0.29, 0.717) is 0 Å². The highest BCUT2D eigenvalue weighted by Gasteiger charge is 2.24. The van der Waals surface area contributed by atoms with Crippen molar-refractivity contribution in [1.29, 1.82) is 0 Å². The van der Waals surface area contributed by atoms with Crippen LogP contribution in [0.3, 0.4) is 0 Å². The molecule has 10 rings (SSSR count). The zero-order valence-electron chi connectivity index (χ0n) is 40.7. The van der Waals surface area contributed by atoms with Crippen LogP contribution in [0.15, 0.2) is 274 Å². The Labute approximate surface area is 420 Å². The number of hydrogen-bond acceptors (Lipinski definition) is 2. The Balaban J connectivity index is 0.000000201. The minimum absolute atomic E-state index is 0.0532. The highest BCUT2D eigenvalue weighted by atomic mass is 15.0. The number of anilines is 1. The zero-order chi connectivity index (χ0) is 49.4. The summed E-state index contributed by atoms with van der Waals surface area (Å²) in [7, 11) is 0. The molecule has 3 heteroatoms. The Morgan fingerprint density at radius 1 is 0.493 bits per heavy atom. The van der Waals surface area contributed by atoms with Gasteiger partial charge >= 0.3 is 0 Å². The summed E-state index contributed by atoms with van der Waals surface area (Å²) < 4.78 is 2.28. The number of nitrogens with two attached hydrogens (primary N) is 2. The molecule has 0 saturated heterocycles. The third kappa shape index (κ3) is 11.9. The van der Waals surface area contributed by atoms with Crippen LogP contribution in [-0.2, 0) is 6.42 Å². The first kappa shape index (κ1) is 48.5. The molecule has 71 heavy (non-hydrogen) atoms. The highest BCUT2D eigenvalue weighted by Crippen LogP contribution is 2.42. The molecule has 0 aliphatic heterocycles. The molecule has 0 aliphatic carbocycles. The summed E-state index contributed by atoms with van der Waals surface area (Å²) in [5.41, 5.74) is 31.6. The SMILES string of the molecule is C=C/C=C\c1c(-c2ccc(-c3ccccc3)cc2)c2ccccc2n1/C(=C/N)C(C)C(=C)c1ccc(-c2ccccc2)cc1.CCc1ccc(-c2ccccc2)cc1.Nc1ccc(-c2ccccc2)cc1. The number of aromatic nitrogens is 1. The number of para-hydroxylation sites is 1. The molecule has 3 nitrogen and oxygen atoms in total. The summed E-state index contributed by atoms with van der Waals surface area (Å²) in [6, 6.07) is 84.3. The number of fused-ring (bicyclic) bond motifs is 1. The molecule has 0 fully saturated rings. The number of aryl methyl sites for hydroxylation is 1. The molecule has 0 radical (unpaired) electrons. The van der Waals surface area contributed by atoms with E-state index in [2.05, 4.69) is 220 Å². The van der Waals surface area contributed by atoms with Gasteiger partial charge in [0, 0.05) is 34.5 Å². The van der Waals surface area contributed by atoms with E-state index in [1.54, 1.807) is 6.20 Å². The van der Waals surface area contributed by atoms with E-state index in [0.717, 1.165) is 56.7 Å². The summed E-state index contributed by atoms with van der Waals surface area (Å²) in [4.78, 5) is 0. The first-order valence-electron chi connectivity index (χ1n) is 24.3. The quantitative estimate of drug-likeness (QED) is 0.0947. The minimum atomic E-state index is -0.0532. The van der Waals surface area contributed by atoms with Gasteiger partial charge in [0.1, 0.15) is 0 Å². The average molecular weight is 920 g/mol. The summed E-state index contributed by atoms with van der Waals surface area (Å²) >= 11 is 0. The predicted molar refractivity (Wildman–Crippen MR) is 308 cm³/mol. The van der Waals surface area contributed by atoms with Gasteiger partial charge in [0.05, 0.1) is 11.2 Å². The van der Waals surface area contributed by atoms with Crippen molar-refractivity contribution in [2.24, 2.45) is 11.7 Å². The van der Waals surface area contributed by atoms with Crippen molar-refractivity contribution in [3.8, 4) is 55.6 Å². The molecular formula is C68H61N3. The smallest absolute Gasteiger partial charge is 0.0544 e. The molecule has 0 aliphatic rings. The fourth-order valence-corrected chi connectivity index (χ4v) is 8.84. The number of nitrogen functional groups attached to an aromatic ring is 1. The van der Waals surface area contributed by atoms with E-state index in [-0.39, 0.29) is 5.92 Å². The standard InChI is InChI=1S/C42H36N2.C14H14.C12H11N/c1-4-5-19-40-42(37-27-25-36(26-28-37)34-16-10-7-11-17-34)38-18-12-13-20-39(38)44(40)41(29-43)31(3)30(2)32-21-23-35(24-22-32)33-14-8-6-9-15-33;1-2-12-8-10-14(11-9-12)13-6-4-3-5-7-13;13-12-8-6-11(7-9-12)10-4-2-1-3-5-10/h4-29,31H,1-2,43H2,3H3;3-11H,2H2,1H3;1-9H,13H2/b19-5-,41-29+;;. The zero-order valence-corrected chi connectivity index (χ0v) is 40.7. The van der Waals surface area contributed by atoms with Gasteiger partial charge in [-0.2, -0.15) is 0 Å². The number of nitrogens with zero attached hydrogens (tertiary/aromatic N) is 1.